The van der Waals surface area contributed by atoms with Gasteiger partial charge in [0.15, 0.2) is 0 Å². The topological polar surface area (TPSA) is 92.3 Å². The van der Waals surface area contributed by atoms with Crippen LogP contribution in [0.25, 0.3) is 10.6 Å². The summed E-state index contributed by atoms with van der Waals surface area (Å²) in [6, 6.07) is 10.2. The van der Waals surface area contributed by atoms with Crippen molar-refractivity contribution in [2.75, 3.05) is 18.4 Å². The highest BCUT2D eigenvalue weighted by atomic mass is 32.2. The highest BCUT2D eigenvalue weighted by molar-refractivity contribution is 7.89. The van der Waals surface area contributed by atoms with Gasteiger partial charge in [-0.25, -0.2) is 8.42 Å². The number of nitrogens with zero attached hydrogens (tertiary/aromatic N) is 3. The molecule has 3 aromatic rings. The number of rotatable bonds is 5. The summed E-state index contributed by atoms with van der Waals surface area (Å²) < 4.78 is 26.7. The van der Waals surface area contributed by atoms with E-state index in [1.807, 2.05) is 13.8 Å². The van der Waals surface area contributed by atoms with E-state index in [4.69, 9.17) is 0 Å². The van der Waals surface area contributed by atoms with Crippen LogP contribution in [0.5, 0.6) is 0 Å². The summed E-state index contributed by atoms with van der Waals surface area (Å²) in [6.45, 7) is 7.21. The zero-order chi connectivity index (χ0) is 22.2. The Morgan fingerprint density at radius 1 is 1.00 bits per heavy atom. The van der Waals surface area contributed by atoms with Gasteiger partial charge in [0.25, 0.3) is 5.91 Å². The molecule has 9 heteroatoms. The maximum Gasteiger partial charge on any atom is 0.257 e. The molecule has 1 aliphatic rings. The fraction of sp³-hybridized carbons (Fsp3) is 0.318. The fourth-order valence-corrected chi connectivity index (χ4v) is 6.35. The first-order chi connectivity index (χ1) is 14.8. The van der Waals surface area contributed by atoms with E-state index in [-0.39, 0.29) is 10.8 Å². The van der Waals surface area contributed by atoms with Gasteiger partial charge in [0.2, 0.25) is 15.2 Å². The molecule has 0 aliphatic carbocycles. The maximum atomic E-state index is 12.6. The van der Waals surface area contributed by atoms with Crippen LogP contribution in [-0.2, 0) is 10.0 Å². The highest BCUT2D eigenvalue weighted by Crippen LogP contribution is 2.32. The molecule has 1 aliphatic heterocycles. The van der Waals surface area contributed by atoms with Crippen LogP contribution in [0.15, 0.2) is 41.3 Å². The fourth-order valence-electron chi connectivity index (χ4n) is 3.92. The second-order valence-corrected chi connectivity index (χ2v) is 10.7. The average molecular weight is 457 g/mol. The number of nitrogens with one attached hydrogen (secondary N) is 1. The van der Waals surface area contributed by atoms with Crippen molar-refractivity contribution < 1.29 is 13.2 Å². The van der Waals surface area contributed by atoms with E-state index < -0.39 is 10.0 Å². The van der Waals surface area contributed by atoms with Crippen LogP contribution in [0.4, 0.5) is 5.13 Å². The van der Waals surface area contributed by atoms with E-state index in [9.17, 15) is 13.2 Å². The molecular formula is C22H24N4O3S2. The van der Waals surface area contributed by atoms with E-state index >= 15 is 0 Å². The van der Waals surface area contributed by atoms with Crippen molar-refractivity contribution in [2.45, 2.75) is 38.5 Å². The largest absolute Gasteiger partial charge is 0.296 e. The van der Waals surface area contributed by atoms with Gasteiger partial charge in [0.1, 0.15) is 5.01 Å². The number of carbonyl (C=O) groups excluding carboxylic acids is 1. The summed E-state index contributed by atoms with van der Waals surface area (Å²) in [5, 5.41) is 12.3. The predicted octanol–water partition coefficient (Wildman–Crippen LogP) is 4.17. The van der Waals surface area contributed by atoms with Crippen LogP contribution in [0.3, 0.4) is 0 Å². The molecule has 1 N–H and O–H groups in total. The Morgan fingerprint density at radius 2 is 1.61 bits per heavy atom. The molecule has 7 nitrogen and oxygen atoms in total. The number of aromatic nitrogens is 2. The second kappa shape index (κ2) is 8.49. The van der Waals surface area contributed by atoms with Crippen molar-refractivity contribution >= 4 is 32.4 Å². The number of hydrogen-bond acceptors (Lipinski definition) is 6. The summed E-state index contributed by atoms with van der Waals surface area (Å²) in [6.07, 6.45) is 1.76. The van der Waals surface area contributed by atoms with Crippen molar-refractivity contribution in [3.05, 3.63) is 58.7 Å². The molecule has 0 bridgehead atoms. The third-order valence-electron chi connectivity index (χ3n) is 5.36. The molecule has 0 radical (unpaired) electrons. The standard InChI is InChI=1S/C22H24N4O3S2/c1-14-12-15(2)19(16(3)13-14)21-24-25-22(30-21)23-20(27)17-6-8-18(9-7-17)31(28,29)26-10-4-5-11-26/h6-9,12-13H,4-5,10-11H2,1-3H3,(H,23,25,27). The Labute approximate surface area is 186 Å². The second-order valence-electron chi connectivity index (χ2n) is 7.78. The molecule has 31 heavy (non-hydrogen) atoms. The zero-order valence-electron chi connectivity index (χ0n) is 17.7. The Morgan fingerprint density at radius 3 is 2.23 bits per heavy atom. The first-order valence-corrected chi connectivity index (χ1v) is 12.3. The van der Waals surface area contributed by atoms with Crippen LogP contribution in [-0.4, -0.2) is 41.9 Å². The summed E-state index contributed by atoms with van der Waals surface area (Å²) in [7, 11) is -3.50. The van der Waals surface area contributed by atoms with Crippen LogP contribution in [0, 0.1) is 20.8 Å². The number of aryl methyl sites for hydroxylation is 3. The number of anilines is 1. The van der Waals surface area contributed by atoms with Crippen molar-refractivity contribution in [3.63, 3.8) is 0 Å². The first-order valence-electron chi connectivity index (χ1n) is 10.1. The molecule has 2 aromatic carbocycles. The molecule has 1 aromatic heterocycles. The summed E-state index contributed by atoms with van der Waals surface area (Å²) >= 11 is 1.31. The van der Waals surface area contributed by atoms with Gasteiger partial charge in [-0.05, 0) is 69.0 Å². The van der Waals surface area contributed by atoms with Crippen LogP contribution < -0.4 is 5.32 Å². The minimum atomic E-state index is -3.50. The van der Waals surface area contributed by atoms with Crippen LogP contribution in [0.1, 0.15) is 39.9 Å². The minimum Gasteiger partial charge on any atom is -0.296 e. The molecule has 162 valence electrons. The van der Waals surface area contributed by atoms with Gasteiger partial charge in [-0.2, -0.15) is 4.31 Å². The lowest BCUT2D eigenvalue weighted by molar-refractivity contribution is 0.102. The van der Waals surface area contributed by atoms with E-state index in [1.165, 1.54) is 45.5 Å². The zero-order valence-corrected chi connectivity index (χ0v) is 19.3. The molecule has 0 unspecified atom stereocenters. The van der Waals surface area contributed by atoms with Gasteiger partial charge >= 0.3 is 0 Å². The van der Waals surface area contributed by atoms with Crippen molar-refractivity contribution in [1.29, 1.82) is 0 Å². The van der Waals surface area contributed by atoms with E-state index in [0.717, 1.165) is 34.5 Å². The third kappa shape index (κ3) is 4.39. The Bertz CT molecular complexity index is 1200. The van der Waals surface area contributed by atoms with Gasteiger partial charge in [0.05, 0.1) is 4.90 Å². The maximum absolute atomic E-state index is 12.6. The van der Waals surface area contributed by atoms with Gasteiger partial charge in [-0.1, -0.05) is 29.0 Å². The van der Waals surface area contributed by atoms with Gasteiger partial charge < -0.3 is 0 Å². The number of benzene rings is 2. The first kappa shape index (κ1) is 21.6. The third-order valence-corrected chi connectivity index (χ3v) is 8.12. The SMILES string of the molecule is Cc1cc(C)c(-c2nnc(NC(=O)c3ccc(S(=O)(=O)N4CCCC4)cc3)s2)c(C)c1. The van der Waals surface area contributed by atoms with Gasteiger partial charge in [0, 0.05) is 24.2 Å². The summed E-state index contributed by atoms with van der Waals surface area (Å²) in [5.74, 6) is -0.356. The Kier molecular flexibility index (Phi) is 5.92. The number of amides is 1. The lowest BCUT2D eigenvalue weighted by Gasteiger charge is -2.15. The minimum absolute atomic E-state index is 0.203. The van der Waals surface area contributed by atoms with Crippen molar-refractivity contribution in [1.82, 2.24) is 14.5 Å². The molecule has 1 fully saturated rings. The predicted molar refractivity (Wildman–Crippen MR) is 122 cm³/mol. The van der Waals surface area contributed by atoms with E-state index in [2.05, 4.69) is 34.6 Å². The normalized spacial score (nSPS) is 14.7. The highest BCUT2D eigenvalue weighted by Gasteiger charge is 2.27. The molecular weight excluding hydrogens is 432 g/mol. The van der Waals surface area contributed by atoms with Gasteiger partial charge in [-0.3, -0.25) is 10.1 Å². The molecule has 4 rings (SSSR count). The van der Waals surface area contributed by atoms with Crippen LogP contribution >= 0.6 is 11.3 Å². The summed E-state index contributed by atoms with van der Waals surface area (Å²) in [5.41, 5.74) is 4.80. The lowest BCUT2D eigenvalue weighted by Crippen LogP contribution is -2.27. The molecule has 1 saturated heterocycles. The monoisotopic (exact) mass is 456 g/mol. The van der Waals surface area contributed by atoms with Gasteiger partial charge in [-0.15, -0.1) is 10.2 Å². The number of sulfonamides is 1. The van der Waals surface area contributed by atoms with E-state index in [1.54, 1.807) is 0 Å². The molecule has 0 atom stereocenters. The quantitative estimate of drug-likeness (QED) is 0.622. The lowest BCUT2D eigenvalue weighted by atomic mass is 10.0. The Balaban J connectivity index is 1.49. The molecule has 0 spiro atoms. The molecule has 2 heterocycles. The number of carbonyl (C=O) groups is 1. The Hall–Kier alpha value is -2.62. The summed E-state index contributed by atoms with van der Waals surface area (Å²) in [4.78, 5) is 12.8. The van der Waals surface area contributed by atoms with E-state index in [0.29, 0.717) is 23.8 Å². The smallest absolute Gasteiger partial charge is 0.257 e. The molecule has 0 saturated carbocycles. The van der Waals surface area contributed by atoms with Crippen LogP contribution in [0.2, 0.25) is 0 Å². The van der Waals surface area contributed by atoms with Crippen molar-refractivity contribution in [2.24, 2.45) is 0 Å². The average Bonchev–Trinajstić information content (AvgIpc) is 3.40. The van der Waals surface area contributed by atoms with Crippen molar-refractivity contribution in [3.8, 4) is 10.6 Å². The number of hydrogen-bond donors (Lipinski definition) is 1. The molecule has 1 amide bonds.